The molecule has 0 aromatic rings. The lowest BCUT2D eigenvalue weighted by atomic mass is 10.2. The number of carbonyl (C=O) groups is 2. The predicted molar refractivity (Wildman–Crippen MR) is 42.5 cm³/mol. The Bertz CT molecular complexity index is 308. The van der Waals surface area contributed by atoms with E-state index in [2.05, 4.69) is 4.74 Å². The van der Waals surface area contributed by atoms with Crippen molar-refractivity contribution in [3.05, 3.63) is 11.0 Å². The minimum Gasteiger partial charge on any atom is -0.468 e. The van der Waals surface area contributed by atoms with Gasteiger partial charge >= 0.3 is 12.1 Å². The Hall–Kier alpha value is -0.980. The van der Waals surface area contributed by atoms with Gasteiger partial charge in [-0.15, -0.1) is 0 Å². The number of allylic oxidation sites excluding steroid dienone is 2. The summed E-state index contributed by atoms with van der Waals surface area (Å²) in [5.74, 6) is -1.84. The fourth-order valence-electron chi connectivity index (χ4n) is 0.844. The molecule has 0 saturated heterocycles. The molecule has 0 radical (unpaired) electrons. The first kappa shape index (κ1) is 11.1. The van der Waals surface area contributed by atoms with Crippen molar-refractivity contribution in [2.75, 3.05) is 7.11 Å². The second-order valence-electron chi connectivity index (χ2n) is 2.43. The summed E-state index contributed by atoms with van der Waals surface area (Å²) < 4.78 is 40.4. The summed E-state index contributed by atoms with van der Waals surface area (Å²) in [5, 5.41) is -1.41. The number of halogens is 3. The number of esters is 1. The van der Waals surface area contributed by atoms with Crippen LogP contribution < -0.4 is 0 Å². The van der Waals surface area contributed by atoms with Gasteiger partial charge in [0.2, 0.25) is 0 Å². The average molecular weight is 226 g/mol. The van der Waals surface area contributed by atoms with Gasteiger partial charge in [0, 0.05) is 6.08 Å². The van der Waals surface area contributed by atoms with Gasteiger partial charge in [-0.25, -0.2) is 0 Å². The molecule has 0 amide bonds. The van der Waals surface area contributed by atoms with Crippen LogP contribution in [0.3, 0.4) is 0 Å². The van der Waals surface area contributed by atoms with Gasteiger partial charge in [0.1, 0.15) is 0 Å². The highest BCUT2D eigenvalue weighted by atomic mass is 32.2. The standard InChI is InChI=1S/C7H5F3O3S/c1-13-6(12)5-3(11)2-4(14-5)7(8,9)10/h2,5H,1H3. The Balaban J connectivity index is 2.79. The third-order valence-electron chi connectivity index (χ3n) is 1.47. The van der Waals surface area contributed by atoms with Crippen molar-refractivity contribution in [1.82, 2.24) is 0 Å². The second-order valence-corrected chi connectivity index (χ2v) is 3.58. The van der Waals surface area contributed by atoms with Crippen LogP contribution in [0.4, 0.5) is 13.2 Å². The fraction of sp³-hybridized carbons (Fsp3) is 0.429. The van der Waals surface area contributed by atoms with E-state index >= 15 is 0 Å². The Morgan fingerprint density at radius 2 is 2.14 bits per heavy atom. The average Bonchev–Trinajstić information content (AvgIpc) is 2.45. The molecule has 0 aliphatic carbocycles. The predicted octanol–water partition coefficient (Wildman–Crippen LogP) is 1.29. The van der Waals surface area contributed by atoms with E-state index in [4.69, 9.17) is 0 Å². The fourth-order valence-corrected chi connectivity index (χ4v) is 1.79. The van der Waals surface area contributed by atoms with Crippen LogP contribution in [0.5, 0.6) is 0 Å². The Morgan fingerprint density at radius 1 is 1.57 bits per heavy atom. The van der Waals surface area contributed by atoms with Gasteiger partial charge in [-0.2, -0.15) is 13.2 Å². The maximum absolute atomic E-state index is 12.1. The summed E-state index contributed by atoms with van der Waals surface area (Å²) in [6.45, 7) is 0. The van der Waals surface area contributed by atoms with Crippen LogP contribution in [0.25, 0.3) is 0 Å². The van der Waals surface area contributed by atoms with Gasteiger partial charge in [-0.1, -0.05) is 11.8 Å². The summed E-state index contributed by atoms with van der Waals surface area (Å²) in [6.07, 6.45) is -4.16. The normalized spacial score (nSPS) is 22.1. The SMILES string of the molecule is COC(=O)C1SC(C(F)(F)F)=CC1=O. The van der Waals surface area contributed by atoms with Crippen molar-refractivity contribution in [3.63, 3.8) is 0 Å². The zero-order valence-corrected chi connectivity index (χ0v) is 7.74. The molecule has 7 heteroatoms. The van der Waals surface area contributed by atoms with E-state index in [1.165, 1.54) is 0 Å². The van der Waals surface area contributed by atoms with Crippen molar-refractivity contribution in [2.24, 2.45) is 0 Å². The number of hydrogen-bond donors (Lipinski definition) is 0. The number of carbonyl (C=O) groups excluding carboxylic acids is 2. The highest BCUT2D eigenvalue weighted by Gasteiger charge is 2.44. The van der Waals surface area contributed by atoms with Gasteiger partial charge in [-0.05, 0) is 0 Å². The Morgan fingerprint density at radius 3 is 2.50 bits per heavy atom. The maximum atomic E-state index is 12.1. The molecule has 0 spiro atoms. The zero-order valence-electron chi connectivity index (χ0n) is 6.92. The quantitative estimate of drug-likeness (QED) is 0.499. The molecule has 3 nitrogen and oxygen atoms in total. The molecule has 0 bridgehead atoms. The summed E-state index contributed by atoms with van der Waals surface area (Å²) in [5.41, 5.74) is 0. The van der Waals surface area contributed by atoms with E-state index < -0.39 is 28.1 Å². The van der Waals surface area contributed by atoms with Crippen molar-refractivity contribution in [2.45, 2.75) is 11.4 Å². The molecule has 78 valence electrons. The molecule has 0 N–H and O–H groups in total. The third-order valence-corrected chi connectivity index (χ3v) is 2.73. The molecule has 0 aromatic heterocycles. The minimum atomic E-state index is -4.58. The van der Waals surface area contributed by atoms with Gasteiger partial charge in [0.15, 0.2) is 11.0 Å². The minimum absolute atomic E-state index is 0.170. The summed E-state index contributed by atoms with van der Waals surface area (Å²) in [4.78, 5) is 20.7. The number of hydrogen-bond acceptors (Lipinski definition) is 4. The summed E-state index contributed by atoms with van der Waals surface area (Å²) in [6, 6.07) is 0. The first-order chi connectivity index (χ1) is 6.36. The first-order valence-corrected chi connectivity index (χ1v) is 4.31. The molecule has 1 rings (SSSR count). The second kappa shape index (κ2) is 3.64. The molecule has 1 atom stereocenters. The molecular formula is C7H5F3O3S. The van der Waals surface area contributed by atoms with Crippen LogP contribution in [-0.2, 0) is 14.3 Å². The smallest absolute Gasteiger partial charge is 0.422 e. The van der Waals surface area contributed by atoms with Gasteiger partial charge in [0.25, 0.3) is 0 Å². The van der Waals surface area contributed by atoms with Crippen molar-refractivity contribution >= 4 is 23.5 Å². The number of methoxy groups -OCH3 is 1. The van der Waals surface area contributed by atoms with Crippen LogP contribution in [0.15, 0.2) is 11.0 Å². The lowest BCUT2D eigenvalue weighted by molar-refractivity contribution is -0.141. The molecular weight excluding hydrogens is 221 g/mol. The maximum Gasteiger partial charge on any atom is 0.422 e. The molecule has 1 aliphatic heterocycles. The van der Waals surface area contributed by atoms with E-state index in [1.807, 2.05) is 0 Å². The third kappa shape index (κ3) is 2.09. The monoisotopic (exact) mass is 226 g/mol. The lowest BCUT2D eigenvalue weighted by Crippen LogP contribution is -2.23. The van der Waals surface area contributed by atoms with E-state index in [1.54, 1.807) is 0 Å². The van der Waals surface area contributed by atoms with Crippen LogP contribution >= 0.6 is 11.8 Å². The zero-order chi connectivity index (χ0) is 10.9. The van der Waals surface area contributed by atoms with E-state index in [-0.39, 0.29) is 11.8 Å². The largest absolute Gasteiger partial charge is 0.468 e. The van der Waals surface area contributed by atoms with Crippen LogP contribution in [-0.4, -0.2) is 30.3 Å². The lowest BCUT2D eigenvalue weighted by Gasteiger charge is -2.08. The van der Waals surface area contributed by atoms with Crippen molar-refractivity contribution < 1.29 is 27.5 Å². The van der Waals surface area contributed by atoms with Crippen LogP contribution in [0.2, 0.25) is 0 Å². The van der Waals surface area contributed by atoms with E-state index in [0.29, 0.717) is 6.08 Å². The first-order valence-electron chi connectivity index (χ1n) is 3.43. The Labute approximate surface area is 81.3 Å². The Kier molecular flexibility index (Phi) is 2.89. The number of alkyl halides is 3. The molecule has 0 aromatic carbocycles. The summed E-state index contributed by atoms with van der Waals surface area (Å²) in [7, 11) is 1.02. The molecule has 1 unspecified atom stereocenters. The van der Waals surface area contributed by atoms with Gasteiger partial charge in [-0.3, -0.25) is 9.59 Å². The number of thioether (sulfide) groups is 1. The number of ether oxygens (including phenoxy) is 1. The topological polar surface area (TPSA) is 43.4 Å². The molecule has 1 aliphatic rings. The molecule has 0 fully saturated rings. The number of rotatable bonds is 1. The van der Waals surface area contributed by atoms with E-state index in [0.717, 1.165) is 7.11 Å². The van der Waals surface area contributed by atoms with Crippen molar-refractivity contribution in [1.29, 1.82) is 0 Å². The summed E-state index contributed by atoms with van der Waals surface area (Å²) >= 11 is 0.170. The van der Waals surface area contributed by atoms with Crippen LogP contribution in [0.1, 0.15) is 0 Å². The van der Waals surface area contributed by atoms with Gasteiger partial charge in [0.05, 0.1) is 12.0 Å². The van der Waals surface area contributed by atoms with Crippen LogP contribution in [0, 0.1) is 0 Å². The highest BCUT2D eigenvalue weighted by molar-refractivity contribution is 8.05. The highest BCUT2D eigenvalue weighted by Crippen LogP contribution is 2.41. The molecule has 14 heavy (non-hydrogen) atoms. The van der Waals surface area contributed by atoms with Gasteiger partial charge < -0.3 is 4.74 Å². The van der Waals surface area contributed by atoms with Crippen molar-refractivity contribution in [3.8, 4) is 0 Å². The van der Waals surface area contributed by atoms with E-state index in [9.17, 15) is 22.8 Å². The number of ketones is 1. The molecule has 1 heterocycles. The molecule has 0 saturated carbocycles.